The lowest BCUT2D eigenvalue weighted by Gasteiger charge is -2.14. The molecule has 2 aromatic heterocycles. The molecule has 0 saturated carbocycles. The summed E-state index contributed by atoms with van der Waals surface area (Å²) in [5, 5.41) is 7.62. The molecule has 2 aromatic rings. The number of hydrogen-bond donors (Lipinski definition) is 1. The average molecular weight is 385 g/mol. The van der Waals surface area contributed by atoms with E-state index >= 15 is 0 Å². The first-order valence-electron chi connectivity index (χ1n) is 6.91. The van der Waals surface area contributed by atoms with E-state index in [1.807, 2.05) is 10.7 Å². The summed E-state index contributed by atoms with van der Waals surface area (Å²) in [6, 6.07) is 1.96. The van der Waals surface area contributed by atoms with Gasteiger partial charge in [0.2, 0.25) is 0 Å². The van der Waals surface area contributed by atoms with Crippen LogP contribution in [0.25, 0.3) is 11.5 Å². The molecule has 108 valence electrons. The van der Waals surface area contributed by atoms with Crippen molar-refractivity contribution in [2.24, 2.45) is 0 Å². The van der Waals surface area contributed by atoms with E-state index in [9.17, 15) is 0 Å². The molecule has 2 heterocycles. The van der Waals surface area contributed by atoms with Gasteiger partial charge < -0.3 is 5.32 Å². The lowest BCUT2D eigenvalue weighted by Crippen LogP contribution is -2.10. The van der Waals surface area contributed by atoms with Gasteiger partial charge in [-0.2, -0.15) is 5.10 Å². The van der Waals surface area contributed by atoms with Crippen molar-refractivity contribution in [3.05, 3.63) is 21.5 Å². The minimum atomic E-state index is 0.360. The third kappa shape index (κ3) is 2.94. The summed E-state index contributed by atoms with van der Waals surface area (Å²) in [5.74, 6) is 2.01. The molecule has 0 unspecified atom stereocenters. The molecule has 0 aliphatic rings. The highest BCUT2D eigenvalue weighted by atomic mass is 127. The van der Waals surface area contributed by atoms with Gasteiger partial charge in [-0.1, -0.05) is 13.8 Å². The predicted molar refractivity (Wildman–Crippen MR) is 89.9 cm³/mol. The number of aryl methyl sites for hydroxylation is 1. The van der Waals surface area contributed by atoms with Crippen LogP contribution in [0.4, 0.5) is 5.82 Å². The molecule has 1 N–H and O–H groups in total. The van der Waals surface area contributed by atoms with Crippen LogP contribution in [-0.2, 0) is 6.54 Å². The molecule has 0 aromatic carbocycles. The Bertz CT molecular complexity index is 591. The highest BCUT2D eigenvalue weighted by molar-refractivity contribution is 14.1. The third-order valence-corrected chi connectivity index (χ3v) is 4.08. The zero-order valence-electron chi connectivity index (χ0n) is 12.3. The fourth-order valence-corrected chi connectivity index (χ4v) is 3.08. The Labute approximate surface area is 133 Å². The fraction of sp³-hybridized carbons (Fsp3) is 0.500. The summed E-state index contributed by atoms with van der Waals surface area (Å²) in [7, 11) is 0. The van der Waals surface area contributed by atoms with Crippen molar-refractivity contribution in [3.63, 3.8) is 0 Å². The molecule has 5 nitrogen and oxygen atoms in total. The van der Waals surface area contributed by atoms with Crippen molar-refractivity contribution in [1.29, 1.82) is 0 Å². The minimum Gasteiger partial charge on any atom is -0.369 e. The Balaban J connectivity index is 2.59. The maximum absolute atomic E-state index is 4.75. The van der Waals surface area contributed by atoms with E-state index < -0.39 is 0 Å². The summed E-state index contributed by atoms with van der Waals surface area (Å²) in [6.07, 6.45) is 1.79. The molecule has 0 radical (unpaired) electrons. The van der Waals surface area contributed by atoms with Crippen LogP contribution >= 0.6 is 22.6 Å². The summed E-state index contributed by atoms with van der Waals surface area (Å²) >= 11 is 2.32. The lowest BCUT2D eigenvalue weighted by molar-refractivity contribution is 0.662. The van der Waals surface area contributed by atoms with Gasteiger partial charge in [-0.15, -0.1) is 0 Å². The molecule has 0 saturated heterocycles. The summed E-state index contributed by atoms with van der Waals surface area (Å²) < 4.78 is 3.02. The van der Waals surface area contributed by atoms with Crippen LogP contribution in [0.1, 0.15) is 39.3 Å². The zero-order chi connectivity index (χ0) is 14.7. The fourth-order valence-electron chi connectivity index (χ4n) is 2.02. The molecule has 20 heavy (non-hydrogen) atoms. The van der Waals surface area contributed by atoms with Crippen molar-refractivity contribution in [2.75, 3.05) is 11.9 Å². The van der Waals surface area contributed by atoms with Gasteiger partial charge in [0, 0.05) is 19.3 Å². The van der Waals surface area contributed by atoms with E-state index in [2.05, 4.69) is 65.7 Å². The molecule has 0 amide bonds. The number of aromatic nitrogens is 4. The van der Waals surface area contributed by atoms with Gasteiger partial charge in [0.05, 0.1) is 9.26 Å². The van der Waals surface area contributed by atoms with Crippen LogP contribution in [0.3, 0.4) is 0 Å². The van der Waals surface area contributed by atoms with Crippen LogP contribution in [0, 0.1) is 3.57 Å². The monoisotopic (exact) mass is 385 g/mol. The second-order valence-electron chi connectivity index (χ2n) is 4.81. The number of hydrogen-bond acceptors (Lipinski definition) is 4. The average Bonchev–Trinajstić information content (AvgIpc) is 2.89. The van der Waals surface area contributed by atoms with Crippen molar-refractivity contribution in [1.82, 2.24) is 19.7 Å². The summed E-state index contributed by atoms with van der Waals surface area (Å²) in [4.78, 5) is 9.41. The Morgan fingerprint density at radius 3 is 2.65 bits per heavy atom. The van der Waals surface area contributed by atoms with E-state index in [0.717, 1.165) is 39.7 Å². The third-order valence-electron chi connectivity index (χ3n) is 3.01. The minimum absolute atomic E-state index is 0.360. The first-order valence-corrected chi connectivity index (χ1v) is 7.99. The second kappa shape index (κ2) is 6.51. The van der Waals surface area contributed by atoms with Gasteiger partial charge in [-0.25, -0.2) is 9.97 Å². The van der Waals surface area contributed by atoms with Gasteiger partial charge >= 0.3 is 0 Å². The molecule has 0 bridgehead atoms. The van der Waals surface area contributed by atoms with Crippen LogP contribution in [-0.4, -0.2) is 26.3 Å². The highest BCUT2D eigenvalue weighted by Crippen LogP contribution is 2.28. The van der Waals surface area contributed by atoms with Crippen LogP contribution in [0.2, 0.25) is 0 Å². The Morgan fingerprint density at radius 2 is 2.05 bits per heavy atom. The molecule has 0 aliphatic heterocycles. The normalized spacial score (nSPS) is 11.1. The largest absolute Gasteiger partial charge is 0.369 e. The maximum Gasteiger partial charge on any atom is 0.180 e. The number of nitrogens with zero attached hydrogens (tertiary/aromatic N) is 4. The molecule has 0 aliphatic carbocycles. The SMILES string of the molecule is CCNc1nc(-c2ccnn2CC)nc(C(C)C)c1I. The van der Waals surface area contributed by atoms with Crippen molar-refractivity contribution >= 4 is 28.4 Å². The number of nitrogens with one attached hydrogen (secondary N) is 1. The van der Waals surface area contributed by atoms with E-state index in [-0.39, 0.29) is 0 Å². The van der Waals surface area contributed by atoms with Crippen molar-refractivity contribution in [3.8, 4) is 11.5 Å². The Hall–Kier alpha value is -1.18. The second-order valence-corrected chi connectivity index (χ2v) is 5.89. The maximum atomic E-state index is 4.75. The molecule has 0 atom stereocenters. The zero-order valence-corrected chi connectivity index (χ0v) is 14.5. The number of anilines is 1. The first kappa shape index (κ1) is 15.2. The van der Waals surface area contributed by atoms with Crippen LogP contribution in [0.15, 0.2) is 12.3 Å². The smallest absolute Gasteiger partial charge is 0.180 e. The van der Waals surface area contributed by atoms with E-state index in [0.29, 0.717) is 5.92 Å². The number of rotatable bonds is 5. The van der Waals surface area contributed by atoms with Gasteiger partial charge in [0.1, 0.15) is 11.5 Å². The highest BCUT2D eigenvalue weighted by Gasteiger charge is 2.17. The molecular weight excluding hydrogens is 365 g/mol. The Morgan fingerprint density at radius 1 is 1.30 bits per heavy atom. The van der Waals surface area contributed by atoms with E-state index in [1.165, 1.54) is 0 Å². The van der Waals surface area contributed by atoms with E-state index in [4.69, 9.17) is 4.98 Å². The Kier molecular flexibility index (Phi) is 4.95. The van der Waals surface area contributed by atoms with Crippen LogP contribution < -0.4 is 5.32 Å². The lowest BCUT2D eigenvalue weighted by atomic mass is 10.1. The van der Waals surface area contributed by atoms with Gasteiger partial charge in [0.25, 0.3) is 0 Å². The van der Waals surface area contributed by atoms with Gasteiger partial charge in [0.15, 0.2) is 5.82 Å². The molecular formula is C14H20IN5. The molecule has 6 heteroatoms. The molecule has 2 rings (SSSR count). The summed E-state index contributed by atoms with van der Waals surface area (Å²) in [6.45, 7) is 10.1. The van der Waals surface area contributed by atoms with Crippen molar-refractivity contribution < 1.29 is 0 Å². The topological polar surface area (TPSA) is 55.6 Å². The van der Waals surface area contributed by atoms with Crippen LogP contribution in [0.5, 0.6) is 0 Å². The quantitative estimate of drug-likeness (QED) is 0.801. The van der Waals surface area contributed by atoms with Gasteiger partial charge in [-0.05, 0) is 48.4 Å². The van der Waals surface area contributed by atoms with Gasteiger partial charge in [-0.3, -0.25) is 4.68 Å². The molecule has 0 fully saturated rings. The first-order chi connectivity index (χ1) is 9.58. The summed E-state index contributed by atoms with van der Waals surface area (Å²) in [5.41, 5.74) is 2.04. The van der Waals surface area contributed by atoms with E-state index in [1.54, 1.807) is 6.20 Å². The standard InChI is InChI=1S/C14H20IN5/c1-5-16-14-11(15)12(9(3)4)18-13(19-14)10-7-8-17-20(10)6-2/h7-9H,5-6H2,1-4H3,(H,16,18,19). The number of halogens is 1. The molecule has 0 spiro atoms. The van der Waals surface area contributed by atoms with Crippen molar-refractivity contribution in [2.45, 2.75) is 40.2 Å². The predicted octanol–water partition coefficient (Wildman–Crippen LogP) is 3.52.